The van der Waals surface area contributed by atoms with Crippen LogP contribution in [0.15, 0.2) is 12.4 Å². The van der Waals surface area contributed by atoms with Crippen LogP contribution >= 0.6 is 0 Å². The molecular formula is C17H21N5O2. The van der Waals surface area contributed by atoms with Crippen molar-refractivity contribution >= 4 is 22.9 Å². The van der Waals surface area contributed by atoms with E-state index in [0.717, 1.165) is 54.0 Å². The average molecular weight is 327 g/mol. The Kier molecular flexibility index (Phi) is 3.70. The molecule has 2 aliphatic heterocycles. The van der Waals surface area contributed by atoms with E-state index >= 15 is 0 Å². The second kappa shape index (κ2) is 5.89. The molecule has 0 N–H and O–H groups in total. The third-order valence-corrected chi connectivity index (χ3v) is 4.91. The second-order valence-corrected chi connectivity index (χ2v) is 6.50. The minimum Gasteiger partial charge on any atom is -0.448 e. The van der Waals surface area contributed by atoms with Gasteiger partial charge in [0.1, 0.15) is 18.8 Å². The zero-order valence-electron chi connectivity index (χ0n) is 14.0. The second-order valence-electron chi connectivity index (χ2n) is 6.50. The number of fused-ring (bicyclic) bond motifs is 1. The first kappa shape index (κ1) is 15.1. The van der Waals surface area contributed by atoms with Crippen molar-refractivity contribution in [3.05, 3.63) is 23.7 Å². The van der Waals surface area contributed by atoms with Gasteiger partial charge in [-0.3, -0.25) is 0 Å². The molecular weight excluding hydrogens is 306 g/mol. The van der Waals surface area contributed by atoms with Gasteiger partial charge in [0, 0.05) is 24.8 Å². The number of amides is 1. The van der Waals surface area contributed by atoms with Gasteiger partial charge in [-0.15, -0.1) is 0 Å². The minimum atomic E-state index is -0.170. The van der Waals surface area contributed by atoms with Gasteiger partial charge in [0.25, 0.3) is 0 Å². The standard InChI is InChI=1S/C17H21N5O2/c1-11-9-12(2)20-15-14(11)16(19-10-18-15)21-5-3-13(4-6-21)22-7-8-24-17(22)23/h9-10,13H,3-8H2,1-2H3. The lowest BCUT2D eigenvalue weighted by Crippen LogP contribution is -2.45. The quantitative estimate of drug-likeness (QED) is 0.841. The molecule has 0 atom stereocenters. The Morgan fingerprint density at radius 2 is 1.96 bits per heavy atom. The Labute approximate surface area is 140 Å². The van der Waals surface area contributed by atoms with Crippen LogP contribution in [0.2, 0.25) is 0 Å². The maximum Gasteiger partial charge on any atom is 0.410 e. The molecule has 4 rings (SSSR count). The Morgan fingerprint density at radius 1 is 1.17 bits per heavy atom. The highest BCUT2D eigenvalue weighted by Crippen LogP contribution is 2.29. The van der Waals surface area contributed by atoms with Crippen molar-refractivity contribution in [2.45, 2.75) is 32.7 Å². The van der Waals surface area contributed by atoms with Gasteiger partial charge in [-0.05, 0) is 38.3 Å². The number of rotatable bonds is 2. The first-order chi connectivity index (χ1) is 11.6. The maximum atomic E-state index is 11.7. The van der Waals surface area contributed by atoms with Gasteiger partial charge in [-0.1, -0.05) is 0 Å². The summed E-state index contributed by atoms with van der Waals surface area (Å²) in [5, 5.41) is 1.03. The number of pyridine rings is 1. The van der Waals surface area contributed by atoms with Gasteiger partial charge in [0.15, 0.2) is 5.65 Å². The summed E-state index contributed by atoms with van der Waals surface area (Å²) >= 11 is 0. The molecule has 1 amide bonds. The molecule has 2 aromatic rings. The lowest BCUT2D eigenvalue weighted by molar-refractivity contribution is 0.142. The van der Waals surface area contributed by atoms with E-state index in [1.165, 1.54) is 0 Å². The lowest BCUT2D eigenvalue weighted by Gasteiger charge is -2.36. The van der Waals surface area contributed by atoms with Gasteiger partial charge in [0.05, 0.1) is 11.9 Å². The van der Waals surface area contributed by atoms with Crippen LogP contribution < -0.4 is 4.90 Å². The molecule has 0 unspecified atom stereocenters. The highest BCUT2D eigenvalue weighted by molar-refractivity contribution is 5.90. The Bertz CT molecular complexity index is 786. The highest BCUT2D eigenvalue weighted by atomic mass is 16.6. The number of ether oxygens (including phenoxy) is 1. The van der Waals surface area contributed by atoms with Crippen molar-refractivity contribution in [3.8, 4) is 0 Å². The molecule has 0 spiro atoms. The van der Waals surface area contributed by atoms with E-state index in [2.05, 4.69) is 32.8 Å². The van der Waals surface area contributed by atoms with Gasteiger partial charge >= 0.3 is 6.09 Å². The molecule has 0 bridgehead atoms. The van der Waals surface area contributed by atoms with E-state index in [1.54, 1.807) is 6.33 Å². The Hall–Kier alpha value is -2.44. The van der Waals surface area contributed by atoms with Crippen LogP contribution in [0.3, 0.4) is 0 Å². The maximum absolute atomic E-state index is 11.7. The number of aryl methyl sites for hydroxylation is 2. The molecule has 2 aliphatic rings. The van der Waals surface area contributed by atoms with Crippen molar-refractivity contribution in [1.82, 2.24) is 19.9 Å². The summed E-state index contributed by atoms with van der Waals surface area (Å²) < 4.78 is 5.06. The van der Waals surface area contributed by atoms with E-state index in [4.69, 9.17) is 4.74 Å². The molecule has 2 fully saturated rings. The smallest absolute Gasteiger partial charge is 0.410 e. The summed E-state index contributed by atoms with van der Waals surface area (Å²) in [5.41, 5.74) is 2.87. The number of aromatic nitrogens is 3. The van der Waals surface area contributed by atoms with Gasteiger partial charge in [0.2, 0.25) is 0 Å². The normalized spacial score (nSPS) is 19.2. The monoisotopic (exact) mass is 327 g/mol. The molecule has 7 nitrogen and oxygen atoms in total. The largest absolute Gasteiger partial charge is 0.448 e. The van der Waals surface area contributed by atoms with Crippen molar-refractivity contribution in [2.24, 2.45) is 0 Å². The first-order valence-electron chi connectivity index (χ1n) is 8.41. The molecule has 2 saturated heterocycles. The number of hydrogen-bond donors (Lipinski definition) is 0. The topological polar surface area (TPSA) is 71.5 Å². The summed E-state index contributed by atoms with van der Waals surface area (Å²) in [5.74, 6) is 0.951. The number of carbonyl (C=O) groups excluding carboxylic acids is 1. The van der Waals surface area contributed by atoms with Crippen LogP contribution in [0.25, 0.3) is 11.0 Å². The fourth-order valence-corrected chi connectivity index (χ4v) is 3.76. The minimum absolute atomic E-state index is 0.170. The van der Waals surface area contributed by atoms with E-state index in [-0.39, 0.29) is 12.1 Å². The number of anilines is 1. The fourth-order valence-electron chi connectivity index (χ4n) is 3.76. The molecule has 0 aliphatic carbocycles. The van der Waals surface area contributed by atoms with Crippen molar-refractivity contribution < 1.29 is 9.53 Å². The molecule has 126 valence electrons. The van der Waals surface area contributed by atoms with Crippen LogP contribution in [0.4, 0.5) is 10.6 Å². The van der Waals surface area contributed by atoms with E-state index < -0.39 is 0 Å². The summed E-state index contributed by atoms with van der Waals surface area (Å²) in [6, 6.07) is 2.34. The first-order valence-corrected chi connectivity index (χ1v) is 8.41. The fraction of sp³-hybridized carbons (Fsp3) is 0.529. The number of cyclic esters (lactones) is 1. The van der Waals surface area contributed by atoms with Crippen LogP contribution in [0.5, 0.6) is 0 Å². The van der Waals surface area contributed by atoms with Crippen molar-refractivity contribution in [1.29, 1.82) is 0 Å². The molecule has 0 radical (unpaired) electrons. The molecule has 7 heteroatoms. The number of piperidine rings is 1. The zero-order valence-corrected chi connectivity index (χ0v) is 14.0. The van der Waals surface area contributed by atoms with Crippen LogP contribution in [0.1, 0.15) is 24.1 Å². The summed E-state index contributed by atoms with van der Waals surface area (Å²) in [6.45, 7) is 7.02. The predicted octanol–water partition coefficient (Wildman–Crippen LogP) is 2.06. The summed E-state index contributed by atoms with van der Waals surface area (Å²) in [7, 11) is 0. The van der Waals surface area contributed by atoms with Crippen LogP contribution in [-0.4, -0.2) is 58.2 Å². The van der Waals surface area contributed by atoms with E-state index in [1.807, 2.05) is 11.8 Å². The van der Waals surface area contributed by atoms with Crippen LogP contribution in [-0.2, 0) is 4.74 Å². The molecule has 2 aromatic heterocycles. The molecule has 0 aromatic carbocycles. The lowest BCUT2D eigenvalue weighted by atomic mass is 10.0. The summed E-state index contributed by atoms with van der Waals surface area (Å²) in [4.78, 5) is 29.3. The van der Waals surface area contributed by atoms with E-state index in [0.29, 0.717) is 13.2 Å². The molecule has 4 heterocycles. The zero-order chi connectivity index (χ0) is 16.7. The van der Waals surface area contributed by atoms with Gasteiger partial charge < -0.3 is 14.5 Å². The predicted molar refractivity (Wildman–Crippen MR) is 90.1 cm³/mol. The van der Waals surface area contributed by atoms with Crippen LogP contribution in [0, 0.1) is 13.8 Å². The third-order valence-electron chi connectivity index (χ3n) is 4.91. The number of hydrogen-bond acceptors (Lipinski definition) is 6. The van der Waals surface area contributed by atoms with Crippen molar-refractivity contribution in [3.63, 3.8) is 0 Å². The molecule has 0 saturated carbocycles. The number of nitrogens with zero attached hydrogens (tertiary/aromatic N) is 5. The Balaban J connectivity index is 1.58. The highest BCUT2D eigenvalue weighted by Gasteiger charge is 2.32. The average Bonchev–Trinajstić information content (AvgIpc) is 3.00. The van der Waals surface area contributed by atoms with Gasteiger partial charge in [-0.2, -0.15) is 0 Å². The SMILES string of the molecule is Cc1cc(C)c2c(N3CCC(N4CCOC4=O)CC3)ncnc2n1. The van der Waals surface area contributed by atoms with E-state index in [9.17, 15) is 4.79 Å². The Morgan fingerprint density at radius 3 is 2.67 bits per heavy atom. The number of carbonyl (C=O) groups is 1. The molecule has 24 heavy (non-hydrogen) atoms. The van der Waals surface area contributed by atoms with Crippen molar-refractivity contribution in [2.75, 3.05) is 31.1 Å². The van der Waals surface area contributed by atoms with Gasteiger partial charge in [-0.25, -0.2) is 19.7 Å². The summed E-state index contributed by atoms with van der Waals surface area (Å²) in [6.07, 6.45) is 3.28. The third kappa shape index (κ3) is 2.53.